The molecule has 7 nitrogen and oxygen atoms in total. The zero-order valence-corrected chi connectivity index (χ0v) is 12.7. The Morgan fingerprint density at radius 2 is 2.00 bits per heavy atom. The van der Waals surface area contributed by atoms with Gasteiger partial charge < -0.3 is 14.8 Å². The van der Waals surface area contributed by atoms with Crippen molar-refractivity contribution in [3.8, 4) is 11.5 Å². The Morgan fingerprint density at radius 1 is 1.27 bits per heavy atom. The minimum absolute atomic E-state index is 0.0975. The van der Waals surface area contributed by atoms with Gasteiger partial charge in [0, 0.05) is 12.6 Å². The predicted molar refractivity (Wildman–Crippen MR) is 76.6 cm³/mol. The molecule has 8 heteroatoms. The molecule has 0 fully saturated rings. The van der Waals surface area contributed by atoms with E-state index in [0.29, 0.717) is 11.5 Å². The first-order valence-electron chi connectivity index (χ1n) is 6.49. The summed E-state index contributed by atoms with van der Waals surface area (Å²) in [5, 5.41) is 3.47. The van der Waals surface area contributed by atoms with Crippen LogP contribution in [0.15, 0.2) is 18.2 Å². The van der Waals surface area contributed by atoms with E-state index in [1.54, 1.807) is 0 Å². The number of hydrogen-bond donors (Lipinski definition) is 1. The molecule has 0 saturated carbocycles. The van der Waals surface area contributed by atoms with E-state index < -0.39 is 18.5 Å². The van der Waals surface area contributed by atoms with Crippen molar-refractivity contribution >= 4 is 11.8 Å². The van der Waals surface area contributed by atoms with Crippen LogP contribution >= 0.6 is 0 Å². The molecule has 1 aromatic carbocycles. The second kappa shape index (κ2) is 8.83. The Kier molecular flexibility index (Phi) is 7.11. The Bertz CT molecular complexity index is 524. The molecule has 0 aromatic heterocycles. The maximum Gasteiger partial charge on any atom is 0.265 e. The summed E-state index contributed by atoms with van der Waals surface area (Å²) in [6, 6.07) is 4.45. The summed E-state index contributed by atoms with van der Waals surface area (Å²) in [6.07, 6.45) is 0. The van der Waals surface area contributed by atoms with E-state index >= 15 is 0 Å². The molecule has 122 valence electrons. The Morgan fingerprint density at radius 3 is 2.59 bits per heavy atom. The summed E-state index contributed by atoms with van der Waals surface area (Å²) in [5.74, 6) is -0.202. The highest BCUT2D eigenvalue weighted by Gasteiger charge is 2.14. The van der Waals surface area contributed by atoms with E-state index in [0.717, 1.165) is 5.06 Å². The summed E-state index contributed by atoms with van der Waals surface area (Å²) >= 11 is 0. The topological polar surface area (TPSA) is 77.1 Å². The van der Waals surface area contributed by atoms with Crippen LogP contribution in [-0.4, -0.2) is 58.0 Å². The largest absolute Gasteiger partial charge is 0.493 e. The van der Waals surface area contributed by atoms with Crippen molar-refractivity contribution in [3.05, 3.63) is 23.8 Å². The summed E-state index contributed by atoms with van der Waals surface area (Å²) < 4.78 is 22.4. The van der Waals surface area contributed by atoms with Gasteiger partial charge in [-0.2, -0.15) is 0 Å². The number of ether oxygens (including phenoxy) is 2. The first-order valence-corrected chi connectivity index (χ1v) is 6.49. The van der Waals surface area contributed by atoms with Crippen molar-refractivity contribution in [2.24, 2.45) is 0 Å². The molecule has 0 aliphatic heterocycles. The molecule has 22 heavy (non-hydrogen) atoms. The van der Waals surface area contributed by atoms with E-state index in [2.05, 4.69) is 5.32 Å². The van der Waals surface area contributed by atoms with Crippen molar-refractivity contribution in [2.75, 3.05) is 41.1 Å². The SMILES string of the molecule is COc1cc(C(=O)NCC(=O)N(C)OC)ccc1OCCF. The maximum atomic E-state index is 12.1. The van der Waals surface area contributed by atoms with E-state index in [1.165, 1.54) is 39.5 Å². The molecule has 0 bridgehead atoms. The van der Waals surface area contributed by atoms with Gasteiger partial charge in [0.05, 0.1) is 20.8 Å². The first-order chi connectivity index (χ1) is 10.5. The number of halogens is 1. The lowest BCUT2D eigenvalue weighted by atomic mass is 10.2. The number of likely N-dealkylation sites (N-methyl/N-ethyl adjacent to an activating group) is 1. The van der Waals surface area contributed by atoms with Crippen molar-refractivity contribution in [1.82, 2.24) is 10.4 Å². The molecule has 2 amide bonds. The number of carbonyl (C=O) groups is 2. The van der Waals surface area contributed by atoms with Crippen LogP contribution in [0.4, 0.5) is 4.39 Å². The van der Waals surface area contributed by atoms with E-state index in [-0.39, 0.29) is 18.7 Å². The van der Waals surface area contributed by atoms with Crippen LogP contribution in [-0.2, 0) is 9.63 Å². The standard InChI is InChI=1S/C14H19FN2O5/c1-17(21-3)13(18)9-16-14(19)10-4-5-11(22-7-6-15)12(8-10)20-2/h4-5,8H,6-7,9H2,1-3H3,(H,16,19). The molecule has 0 spiro atoms. The minimum atomic E-state index is -0.624. The van der Waals surface area contributed by atoms with Gasteiger partial charge in [0.15, 0.2) is 11.5 Å². The van der Waals surface area contributed by atoms with Gasteiger partial charge in [-0.3, -0.25) is 14.4 Å². The number of alkyl halides is 1. The number of methoxy groups -OCH3 is 1. The highest BCUT2D eigenvalue weighted by molar-refractivity contribution is 5.96. The third-order valence-electron chi connectivity index (χ3n) is 2.79. The number of nitrogens with zero attached hydrogens (tertiary/aromatic N) is 1. The molecular formula is C14H19FN2O5. The van der Waals surface area contributed by atoms with Crippen LogP contribution in [0.2, 0.25) is 0 Å². The molecule has 0 saturated heterocycles. The molecule has 0 atom stereocenters. The van der Waals surface area contributed by atoms with Crippen molar-refractivity contribution in [3.63, 3.8) is 0 Å². The smallest absolute Gasteiger partial charge is 0.265 e. The molecule has 1 aromatic rings. The molecule has 0 unspecified atom stereocenters. The zero-order chi connectivity index (χ0) is 16.5. The van der Waals surface area contributed by atoms with Gasteiger partial charge in [0.25, 0.3) is 11.8 Å². The molecule has 1 rings (SSSR count). The number of nitrogens with one attached hydrogen (secondary N) is 1. The second-order valence-electron chi connectivity index (χ2n) is 4.16. The fourth-order valence-corrected chi connectivity index (χ4v) is 1.55. The minimum Gasteiger partial charge on any atom is -0.493 e. The molecule has 1 N–H and O–H groups in total. The normalized spacial score (nSPS) is 10.0. The Balaban J connectivity index is 2.71. The predicted octanol–water partition coefficient (Wildman–Crippen LogP) is 0.793. The van der Waals surface area contributed by atoms with Gasteiger partial charge >= 0.3 is 0 Å². The lowest BCUT2D eigenvalue weighted by Gasteiger charge is -2.14. The summed E-state index contributed by atoms with van der Waals surface area (Å²) in [5.41, 5.74) is 0.289. The highest BCUT2D eigenvalue weighted by Crippen LogP contribution is 2.28. The lowest BCUT2D eigenvalue weighted by molar-refractivity contribution is -0.167. The van der Waals surface area contributed by atoms with Crippen LogP contribution in [0.5, 0.6) is 11.5 Å². The molecule has 0 aliphatic rings. The van der Waals surface area contributed by atoms with E-state index in [4.69, 9.17) is 14.3 Å². The number of hydroxylamine groups is 2. The van der Waals surface area contributed by atoms with Crippen molar-refractivity contribution < 1.29 is 28.3 Å². The average Bonchev–Trinajstić information content (AvgIpc) is 2.56. The van der Waals surface area contributed by atoms with E-state index in [1.807, 2.05) is 0 Å². The summed E-state index contributed by atoms with van der Waals surface area (Å²) in [4.78, 5) is 28.2. The van der Waals surface area contributed by atoms with Gasteiger partial charge in [0.2, 0.25) is 0 Å². The van der Waals surface area contributed by atoms with Crippen LogP contribution in [0, 0.1) is 0 Å². The van der Waals surface area contributed by atoms with E-state index in [9.17, 15) is 14.0 Å². The molecule has 0 heterocycles. The van der Waals surface area contributed by atoms with Gasteiger partial charge in [-0.1, -0.05) is 0 Å². The Hall–Kier alpha value is -2.35. The van der Waals surface area contributed by atoms with Crippen LogP contribution in [0.3, 0.4) is 0 Å². The lowest BCUT2D eigenvalue weighted by Crippen LogP contribution is -2.37. The number of amides is 2. The highest BCUT2D eigenvalue weighted by atomic mass is 19.1. The average molecular weight is 314 g/mol. The van der Waals surface area contributed by atoms with Gasteiger partial charge in [-0.25, -0.2) is 9.45 Å². The number of benzene rings is 1. The zero-order valence-electron chi connectivity index (χ0n) is 12.7. The third kappa shape index (κ3) is 4.88. The van der Waals surface area contributed by atoms with Gasteiger partial charge in [0.1, 0.15) is 13.3 Å². The fraction of sp³-hybridized carbons (Fsp3) is 0.429. The van der Waals surface area contributed by atoms with Crippen molar-refractivity contribution in [2.45, 2.75) is 0 Å². The Labute approximate surface area is 127 Å². The molecular weight excluding hydrogens is 295 g/mol. The van der Waals surface area contributed by atoms with Crippen LogP contribution in [0.25, 0.3) is 0 Å². The molecule has 0 radical (unpaired) electrons. The second-order valence-corrected chi connectivity index (χ2v) is 4.16. The molecule has 0 aliphatic carbocycles. The van der Waals surface area contributed by atoms with Gasteiger partial charge in [-0.05, 0) is 18.2 Å². The quantitative estimate of drug-likeness (QED) is 0.718. The first kappa shape index (κ1) is 17.7. The monoisotopic (exact) mass is 314 g/mol. The third-order valence-corrected chi connectivity index (χ3v) is 2.79. The number of carbonyl (C=O) groups excluding carboxylic acids is 2. The fourth-order valence-electron chi connectivity index (χ4n) is 1.55. The van der Waals surface area contributed by atoms with Crippen LogP contribution in [0.1, 0.15) is 10.4 Å². The maximum absolute atomic E-state index is 12.1. The number of rotatable bonds is 8. The van der Waals surface area contributed by atoms with Crippen LogP contribution < -0.4 is 14.8 Å². The van der Waals surface area contributed by atoms with Gasteiger partial charge in [-0.15, -0.1) is 0 Å². The number of hydrogen-bond acceptors (Lipinski definition) is 5. The summed E-state index contributed by atoms with van der Waals surface area (Å²) in [7, 11) is 4.20. The summed E-state index contributed by atoms with van der Waals surface area (Å²) in [6.45, 7) is -0.925. The van der Waals surface area contributed by atoms with Crippen molar-refractivity contribution in [1.29, 1.82) is 0 Å².